The highest BCUT2D eigenvalue weighted by Crippen LogP contribution is 2.71. The van der Waals surface area contributed by atoms with E-state index in [0.29, 0.717) is 0 Å². The normalized spacial score (nSPS) is 64.9. The first-order valence-corrected chi connectivity index (χ1v) is 6.69. The molecule has 0 aliphatic heterocycles. The molecule has 0 N–H and O–H groups in total. The number of carbonyl (C=O) groups excluding carboxylic acids is 1. The van der Waals surface area contributed by atoms with Crippen LogP contribution in [0.4, 0.5) is 0 Å². The highest BCUT2D eigenvalue weighted by atomic mass is 16.1. The number of hydrogen-bond acceptors (Lipinski definition) is 1. The van der Waals surface area contributed by atoms with Gasteiger partial charge in [-0.1, -0.05) is 6.92 Å². The van der Waals surface area contributed by atoms with Crippen molar-refractivity contribution in [3.8, 4) is 0 Å². The van der Waals surface area contributed by atoms with E-state index in [-0.39, 0.29) is 5.41 Å². The summed E-state index contributed by atoms with van der Waals surface area (Å²) in [4.78, 5) is 11.3. The summed E-state index contributed by atoms with van der Waals surface area (Å²) in [5.74, 6) is 5.76. The molecule has 4 rings (SSSR count). The van der Waals surface area contributed by atoms with Gasteiger partial charge in [0.05, 0.1) is 0 Å². The first-order valence-electron chi connectivity index (χ1n) is 6.69. The first kappa shape index (κ1) is 8.78. The van der Waals surface area contributed by atoms with Gasteiger partial charge in [-0.25, -0.2) is 0 Å². The van der Waals surface area contributed by atoms with Crippen LogP contribution in [0.2, 0.25) is 0 Å². The topological polar surface area (TPSA) is 17.1 Å². The molecule has 1 heteroatoms. The SMILES string of the molecule is CC1(C=O)CC2C[C@H]1C1C3CCC(C3)C21. The van der Waals surface area contributed by atoms with Crippen LogP contribution in [0.1, 0.15) is 39.0 Å². The second-order valence-electron chi connectivity index (χ2n) is 6.92. The maximum absolute atomic E-state index is 11.3. The molecule has 4 saturated carbocycles. The van der Waals surface area contributed by atoms with E-state index in [2.05, 4.69) is 6.92 Å². The van der Waals surface area contributed by atoms with Gasteiger partial charge in [0.2, 0.25) is 0 Å². The van der Waals surface area contributed by atoms with Crippen LogP contribution in [-0.4, -0.2) is 6.29 Å². The molecule has 0 spiro atoms. The Hall–Kier alpha value is -0.330. The van der Waals surface area contributed by atoms with Crippen molar-refractivity contribution < 1.29 is 4.79 Å². The Morgan fingerprint density at radius 2 is 1.80 bits per heavy atom. The Morgan fingerprint density at radius 3 is 2.53 bits per heavy atom. The standard InChI is InChI=1S/C14H20O/c1-14(7-15)6-10-5-11(14)13-9-3-2-8(4-9)12(10)13/h7-13H,2-6H2,1H3/t8?,9?,10?,11-,12?,13?,14?/m0/s1. The van der Waals surface area contributed by atoms with E-state index in [1.807, 2.05) is 0 Å². The predicted octanol–water partition coefficient (Wildman–Crippen LogP) is 2.89. The highest BCUT2D eigenvalue weighted by Gasteiger charge is 2.65. The molecule has 4 bridgehead atoms. The maximum Gasteiger partial charge on any atom is 0.126 e. The largest absolute Gasteiger partial charge is 0.303 e. The molecule has 0 amide bonds. The van der Waals surface area contributed by atoms with Gasteiger partial charge in [-0.3, -0.25) is 0 Å². The van der Waals surface area contributed by atoms with Crippen LogP contribution in [0.25, 0.3) is 0 Å². The Morgan fingerprint density at radius 1 is 1.07 bits per heavy atom. The number of aldehydes is 1. The molecule has 6 unspecified atom stereocenters. The van der Waals surface area contributed by atoms with Gasteiger partial charge < -0.3 is 4.79 Å². The van der Waals surface area contributed by atoms with Crippen LogP contribution in [0.15, 0.2) is 0 Å². The summed E-state index contributed by atoms with van der Waals surface area (Å²) < 4.78 is 0. The average Bonchev–Trinajstić information content (AvgIpc) is 2.93. The van der Waals surface area contributed by atoms with E-state index < -0.39 is 0 Å². The Balaban J connectivity index is 1.74. The highest BCUT2D eigenvalue weighted by molar-refractivity contribution is 5.61. The van der Waals surface area contributed by atoms with Gasteiger partial charge in [-0.2, -0.15) is 0 Å². The van der Waals surface area contributed by atoms with Crippen molar-refractivity contribution in [2.24, 2.45) is 40.9 Å². The molecule has 15 heavy (non-hydrogen) atoms. The summed E-state index contributed by atoms with van der Waals surface area (Å²) in [6, 6.07) is 0. The molecule has 0 heterocycles. The second-order valence-corrected chi connectivity index (χ2v) is 6.92. The van der Waals surface area contributed by atoms with E-state index in [1.165, 1.54) is 38.4 Å². The van der Waals surface area contributed by atoms with Gasteiger partial charge >= 0.3 is 0 Å². The van der Waals surface area contributed by atoms with Gasteiger partial charge in [0.1, 0.15) is 6.29 Å². The predicted molar refractivity (Wildman–Crippen MR) is 58.2 cm³/mol. The Bertz CT molecular complexity index is 323. The lowest BCUT2D eigenvalue weighted by Crippen LogP contribution is -2.39. The molecule has 4 aliphatic rings. The zero-order valence-electron chi connectivity index (χ0n) is 9.49. The summed E-state index contributed by atoms with van der Waals surface area (Å²) in [7, 11) is 0. The molecular formula is C14H20O. The van der Waals surface area contributed by atoms with Crippen molar-refractivity contribution in [3.63, 3.8) is 0 Å². The van der Waals surface area contributed by atoms with Gasteiger partial charge in [0.15, 0.2) is 0 Å². The third-order valence-corrected chi connectivity index (χ3v) is 6.43. The first-order chi connectivity index (χ1) is 7.23. The van der Waals surface area contributed by atoms with E-state index in [0.717, 1.165) is 35.5 Å². The Labute approximate surface area is 91.6 Å². The van der Waals surface area contributed by atoms with Crippen LogP contribution in [0, 0.1) is 40.9 Å². The van der Waals surface area contributed by atoms with Crippen molar-refractivity contribution >= 4 is 6.29 Å². The fourth-order valence-electron chi connectivity index (χ4n) is 6.10. The summed E-state index contributed by atoms with van der Waals surface area (Å²) in [6.45, 7) is 2.23. The average molecular weight is 204 g/mol. The maximum atomic E-state index is 11.3. The summed E-state index contributed by atoms with van der Waals surface area (Å²) in [6.07, 6.45) is 8.39. The fraction of sp³-hybridized carbons (Fsp3) is 0.929. The molecule has 0 aromatic rings. The molecule has 4 fully saturated rings. The third-order valence-electron chi connectivity index (χ3n) is 6.43. The molecule has 1 nitrogen and oxygen atoms in total. The summed E-state index contributed by atoms with van der Waals surface area (Å²) >= 11 is 0. The number of fused-ring (bicyclic) bond motifs is 9. The van der Waals surface area contributed by atoms with Gasteiger partial charge in [0, 0.05) is 5.41 Å². The van der Waals surface area contributed by atoms with Crippen LogP contribution in [0.5, 0.6) is 0 Å². The smallest absolute Gasteiger partial charge is 0.126 e. The van der Waals surface area contributed by atoms with Crippen molar-refractivity contribution in [2.75, 3.05) is 0 Å². The van der Waals surface area contributed by atoms with E-state index >= 15 is 0 Å². The second kappa shape index (κ2) is 2.49. The van der Waals surface area contributed by atoms with Crippen LogP contribution >= 0.6 is 0 Å². The molecule has 0 saturated heterocycles. The zero-order chi connectivity index (χ0) is 10.2. The minimum Gasteiger partial charge on any atom is -0.303 e. The molecule has 0 radical (unpaired) electrons. The fourth-order valence-corrected chi connectivity index (χ4v) is 6.10. The number of carbonyl (C=O) groups is 1. The number of rotatable bonds is 1. The molecule has 82 valence electrons. The van der Waals surface area contributed by atoms with Crippen LogP contribution in [0.3, 0.4) is 0 Å². The van der Waals surface area contributed by atoms with Crippen LogP contribution < -0.4 is 0 Å². The number of hydrogen-bond donors (Lipinski definition) is 0. The summed E-state index contributed by atoms with van der Waals surface area (Å²) in [5, 5.41) is 0. The molecular weight excluding hydrogens is 184 g/mol. The van der Waals surface area contributed by atoms with Gasteiger partial charge in [-0.05, 0) is 67.6 Å². The van der Waals surface area contributed by atoms with E-state index in [4.69, 9.17) is 0 Å². The third kappa shape index (κ3) is 0.855. The van der Waals surface area contributed by atoms with E-state index in [1.54, 1.807) is 0 Å². The quantitative estimate of drug-likeness (QED) is 0.474. The zero-order valence-corrected chi connectivity index (χ0v) is 9.49. The molecule has 7 atom stereocenters. The minimum atomic E-state index is 0.0658. The lowest BCUT2D eigenvalue weighted by molar-refractivity contribution is -0.120. The van der Waals surface area contributed by atoms with Crippen molar-refractivity contribution in [3.05, 3.63) is 0 Å². The van der Waals surface area contributed by atoms with Crippen molar-refractivity contribution in [2.45, 2.75) is 39.0 Å². The van der Waals surface area contributed by atoms with Gasteiger partial charge in [0.25, 0.3) is 0 Å². The molecule has 4 aliphatic carbocycles. The lowest BCUT2D eigenvalue weighted by Gasteiger charge is -2.42. The van der Waals surface area contributed by atoms with Gasteiger partial charge in [-0.15, -0.1) is 0 Å². The van der Waals surface area contributed by atoms with Crippen molar-refractivity contribution in [1.82, 2.24) is 0 Å². The lowest BCUT2D eigenvalue weighted by atomic mass is 9.62. The summed E-state index contributed by atoms with van der Waals surface area (Å²) in [5.41, 5.74) is 0.0658. The minimum absolute atomic E-state index is 0.0658. The monoisotopic (exact) mass is 204 g/mol. The molecule has 0 aromatic heterocycles. The van der Waals surface area contributed by atoms with Crippen LogP contribution in [-0.2, 0) is 4.79 Å². The Kier molecular flexibility index (Phi) is 1.46. The van der Waals surface area contributed by atoms with Crippen molar-refractivity contribution in [1.29, 1.82) is 0 Å². The van der Waals surface area contributed by atoms with E-state index in [9.17, 15) is 4.79 Å². The molecule has 0 aromatic carbocycles.